The molecule has 19 heteroatoms. The summed E-state index contributed by atoms with van der Waals surface area (Å²) in [4.78, 5) is 27.3. The average molecular weight is 650 g/mol. The average Bonchev–Trinajstić information content (AvgIpc) is 3.29. The van der Waals surface area contributed by atoms with Gasteiger partial charge < -0.3 is 19.3 Å². The number of fused-ring (bicyclic) bond motifs is 1. The summed E-state index contributed by atoms with van der Waals surface area (Å²) < 4.78 is 121. The number of hydrogen-bond acceptors (Lipinski definition) is 9. The molecule has 1 aromatic carbocycles. The number of alkyl halides is 6. The highest BCUT2D eigenvalue weighted by atomic mass is 32.2. The van der Waals surface area contributed by atoms with Gasteiger partial charge in [0.1, 0.15) is 11.9 Å². The van der Waals surface area contributed by atoms with Crippen LogP contribution in [0, 0.1) is 0 Å². The zero-order valence-electron chi connectivity index (χ0n) is 22.1. The molecular weight excluding hydrogens is 624 g/mol. The highest BCUT2D eigenvalue weighted by Gasteiger charge is 2.51. The molecule has 0 fully saturated rings. The van der Waals surface area contributed by atoms with Gasteiger partial charge in [-0.1, -0.05) is 18.3 Å². The Kier molecular flexibility index (Phi) is 9.45. The minimum absolute atomic E-state index is 0.126. The van der Waals surface area contributed by atoms with Crippen molar-refractivity contribution in [2.24, 2.45) is 0 Å². The Morgan fingerprint density at radius 1 is 1.21 bits per heavy atom. The maximum atomic E-state index is 13.8. The summed E-state index contributed by atoms with van der Waals surface area (Å²) in [5.41, 5.74) is -3.34. The summed E-state index contributed by atoms with van der Waals surface area (Å²) in [6.07, 6.45) is -12.6. The lowest BCUT2D eigenvalue weighted by Crippen LogP contribution is -2.44. The first-order valence-corrected chi connectivity index (χ1v) is 14.3. The molecule has 0 saturated heterocycles. The van der Waals surface area contributed by atoms with Crippen molar-refractivity contribution >= 4 is 44.8 Å². The number of nitrogens with one attached hydrogen (secondary N) is 1. The molecule has 2 N–H and O–H groups in total. The van der Waals surface area contributed by atoms with Gasteiger partial charge in [0.05, 0.1) is 17.2 Å². The SMILES string of the molecule is CCc1nc(S(=O)(=O)N2C[C@H](CCC(=O)O)Oc3ccc(NC(=O)OC(C)(C)C(F)(F)F)cc32)c(OCC(F)(F)F)s1. The van der Waals surface area contributed by atoms with Crippen LogP contribution >= 0.6 is 11.3 Å². The van der Waals surface area contributed by atoms with E-state index in [2.05, 4.69) is 15.0 Å². The van der Waals surface area contributed by atoms with Gasteiger partial charge in [0.15, 0.2) is 6.61 Å². The van der Waals surface area contributed by atoms with Crippen LogP contribution in [0.3, 0.4) is 0 Å². The Balaban J connectivity index is 2.03. The maximum Gasteiger partial charge on any atom is 0.427 e. The number of amides is 1. The van der Waals surface area contributed by atoms with Gasteiger partial charge in [0, 0.05) is 12.1 Å². The molecule has 0 bridgehead atoms. The van der Waals surface area contributed by atoms with Gasteiger partial charge in [0.25, 0.3) is 10.0 Å². The summed E-state index contributed by atoms with van der Waals surface area (Å²) >= 11 is 0.593. The van der Waals surface area contributed by atoms with E-state index in [1.165, 1.54) is 12.1 Å². The number of carboxylic acid groups (broad SMARTS) is 1. The minimum Gasteiger partial charge on any atom is -0.486 e. The topological polar surface area (TPSA) is 144 Å². The number of halogens is 6. The normalized spacial score (nSPS) is 15.9. The summed E-state index contributed by atoms with van der Waals surface area (Å²) in [7, 11) is -4.81. The van der Waals surface area contributed by atoms with Crippen molar-refractivity contribution in [1.29, 1.82) is 0 Å². The number of hydrogen-bond donors (Lipinski definition) is 2. The molecule has 1 aliphatic heterocycles. The zero-order chi connectivity index (χ0) is 31.7. The van der Waals surface area contributed by atoms with Crippen molar-refractivity contribution in [3.63, 3.8) is 0 Å². The van der Waals surface area contributed by atoms with E-state index in [-0.39, 0.29) is 35.0 Å². The number of carboxylic acids is 1. The zero-order valence-corrected chi connectivity index (χ0v) is 23.8. The van der Waals surface area contributed by atoms with Crippen LogP contribution in [0.4, 0.5) is 42.5 Å². The second-order valence-corrected chi connectivity index (χ2v) is 12.2. The van der Waals surface area contributed by atoms with Gasteiger partial charge in [-0.25, -0.2) is 9.78 Å². The number of carbonyl (C=O) groups is 2. The number of thiazole rings is 1. The monoisotopic (exact) mass is 649 g/mol. The maximum absolute atomic E-state index is 13.8. The van der Waals surface area contributed by atoms with Crippen LogP contribution < -0.4 is 19.1 Å². The van der Waals surface area contributed by atoms with Gasteiger partial charge in [-0.15, -0.1) is 0 Å². The van der Waals surface area contributed by atoms with E-state index in [1.807, 2.05) is 0 Å². The molecule has 11 nitrogen and oxygen atoms in total. The minimum atomic E-state index is -4.90. The first kappa shape index (κ1) is 33.0. The number of ether oxygens (including phenoxy) is 3. The highest BCUT2D eigenvalue weighted by molar-refractivity contribution is 7.93. The van der Waals surface area contributed by atoms with Crippen LogP contribution in [0.15, 0.2) is 23.2 Å². The quantitative estimate of drug-likeness (QED) is 0.325. The molecule has 0 spiro atoms. The molecule has 0 radical (unpaired) electrons. The number of rotatable bonds is 10. The number of aliphatic carboxylic acids is 1. The Morgan fingerprint density at radius 3 is 2.45 bits per heavy atom. The van der Waals surface area contributed by atoms with Crippen molar-refractivity contribution in [3.8, 4) is 10.8 Å². The van der Waals surface area contributed by atoms with E-state index in [4.69, 9.17) is 14.6 Å². The smallest absolute Gasteiger partial charge is 0.427 e. The Hall–Kier alpha value is -3.48. The summed E-state index contributed by atoms with van der Waals surface area (Å²) in [6, 6.07) is 3.38. The molecule has 1 amide bonds. The third kappa shape index (κ3) is 7.87. The molecule has 1 aliphatic rings. The van der Waals surface area contributed by atoms with Crippen LogP contribution in [0.1, 0.15) is 38.6 Å². The van der Waals surface area contributed by atoms with Gasteiger partial charge in [-0.05, 0) is 44.9 Å². The number of benzene rings is 1. The number of aryl methyl sites for hydroxylation is 1. The lowest BCUT2D eigenvalue weighted by atomic mass is 10.1. The van der Waals surface area contributed by atoms with Crippen LogP contribution in [0.2, 0.25) is 0 Å². The van der Waals surface area contributed by atoms with E-state index in [0.717, 1.165) is 6.07 Å². The molecule has 0 aliphatic carbocycles. The van der Waals surface area contributed by atoms with Gasteiger partial charge in [-0.3, -0.25) is 14.4 Å². The Bertz CT molecular complexity index is 1430. The second-order valence-electron chi connectivity index (χ2n) is 9.37. The molecular formula is C23H25F6N3O8S2. The van der Waals surface area contributed by atoms with E-state index in [0.29, 0.717) is 29.5 Å². The third-order valence-electron chi connectivity index (χ3n) is 5.66. The van der Waals surface area contributed by atoms with Gasteiger partial charge in [-0.2, -0.15) is 34.8 Å². The van der Waals surface area contributed by atoms with Crippen LogP contribution in [-0.2, 0) is 26.0 Å². The fourth-order valence-electron chi connectivity index (χ4n) is 3.47. The molecule has 2 aromatic rings. The predicted molar refractivity (Wildman–Crippen MR) is 136 cm³/mol. The standard InChI is InChI=1S/C23H25F6N3O8S2/c1-4-16-31-18(19(41-16)38-11-22(24,25)26)42(36,37)32-10-13(6-8-17(33)34)39-15-7-5-12(9-14(15)32)30-20(35)40-21(2,3)23(27,28)29/h5,7,9,13H,4,6,8,10-11H2,1-3H3,(H,30,35)(H,33,34)/t13-/m0/s1. The number of nitrogens with zero attached hydrogens (tertiary/aromatic N) is 2. The lowest BCUT2D eigenvalue weighted by molar-refractivity contribution is -0.242. The first-order chi connectivity index (χ1) is 19.2. The fourth-order valence-corrected chi connectivity index (χ4v) is 6.19. The molecule has 1 aromatic heterocycles. The van der Waals surface area contributed by atoms with Crippen LogP contribution in [-0.4, -0.2) is 67.8 Å². The second kappa shape index (κ2) is 12.0. The first-order valence-electron chi connectivity index (χ1n) is 12.0. The molecule has 234 valence electrons. The summed E-state index contributed by atoms with van der Waals surface area (Å²) in [5.74, 6) is -1.33. The van der Waals surface area contributed by atoms with Gasteiger partial charge in [0.2, 0.25) is 15.7 Å². The molecule has 0 unspecified atom stereocenters. The highest BCUT2D eigenvalue weighted by Crippen LogP contribution is 2.42. The molecule has 1 atom stereocenters. The van der Waals surface area contributed by atoms with E-state index >= 15 is 0 Å². The van der Waals surface area contributed by atoms with Crippen molar-refractivity contribution in [1.82, 2.24) is 4.98 Å². The fraction of sp³-hybridized carbons (Fsp3) is 0.522. The van der Waals surface area contributed by atoms with Crippen molar-refractivity contribution < 1.29 is 63.7 Å². The number of aromatic nitrogens is 1. The Morgan fingerprint density at radius 2 is 1.88 bits per heavy atom. The number of anilines is 2. The molecule has 42 heavy (non-hydrogen) atoms. The number of sulfonamides is 1. The van der Waals surface area contributed by atoms with Crippen LogP contribution in [0.25, 0.3) is 0 Å². The predicted octanol–water partition coefficient (Wildman–Crippen LogP) is 5.36. The molecule has 0 saturated carbocycles. The largest absolute Gasteiger partial charge is 0.486 e. The third-order valence-corrected chi connectivity index (χ3v) is 8.60. The molecule has 3 rings (SSSR count). The van der Waals surface area contributed by atoms with Gasteiger partial charge >= 0.3 is 24.4 Å². The van der Waals surface area contributed by atoms with E-state index in [9.17, 15) is 44.3 Å². The van der Waals surface area contributed by atoms with Crippen molar-refractivity contribution in [2.45, 2.75) is 69.1 Å². The summed E-state index contributed by atoms with van der Waals surface area (Å²) in [6.45, 7) is 0.513. The van der Waals surface area contributed by atoms with E-state index in [1.54, 1.807) is 6.92 Å². The van der Waals surface area contributed by atoms with Crippen molar-refractivity contribution in [2.75, 3.05) is 22.8 Å². The van der Waals surface area contributed by atoms with E-state index < -0.39 is 75.8 Å². The van der Waals surface area contributed by atoms with Crippen molar-refractivity contribution in [3.05, 3.63) is 23.2 Å². The Labute approximate surface area is 239 Å². The van der Waals surface area contributed by atoms with Crippen LogP contribution in [0.5, 0.6) is 10.8 Å². The summed E-state index contributed by atoms with van der Waals surface area (Å²) in [5, 5.41) is 9.81. The lowest BCUT2D eigenvalue weighted by Gasteiger charge is -2.35. The molecule has 2 heterocycles. The number of carbonyl (C=O) groups excluding carboxylic acids is 1.